The Kier molecular flexibility index (Phi) is 60.8. The van der Waals surface area contributed by atoms with Crippen LogP contribution in [0.3, 0.4) is 0 Å². The lowest BCUT2D eigenvalue weighted by Crippen LogP contribution is -2.30. The summed E-state index contributed by atoms with van der Waals surface area (Å²) >= 11 is 0. The summed E-state index contributed by atoms with van der Waals surface area (Å²) in [7, 11) is -9.89. The average Bonchev–Trinajstić information content (AvgIpc) is 3.68. The van der Waals surface area contributed by atoms with Gasteiger partial charge in [-0.3, -0.25) is 37.3 Å². The molecule has 89 heavy (non-hydrogen) atoms. The Balaban J connectivity index is 5.12. The van der Waals surface area contributed by atoms with Crippen LogP contribution < -0.4 is 0 Å². The standard InChI is InChI=1S/C70H136O17P2/c1-7-10-12-14-32-40-46-52-67(72)80-58-65(86-69(74)54-48-42-33-15-13-11-8-2)60-84-88(76,77)82-56-64(71)57-83-89(78,79)85-61-66(59-81-68(73)53-47-41-36-30-27-26-29-35-39-45-51-63(6)9-3)87-70(75)55-49-43-37-31-25-23-21-19-17-16-18-20-22-24-28-34-38-44-50-62(4)5/h62-66,71H,7-61H2,1-6H3,(H,76,77)(H,78,79)/t63?,64-,65+,66+/m0/s1. The van der Waals surface area contributed by atoms with Crippen molar-refractivity contribution in [3.8, 4) is 0 Å². The van der Waals surface area contributed by atoms with E-state index in [4.69, 9.17) is 37.0 Å². The molecule has 19 heteroatoms. The Morgan fingerprint density at radius 1 is 0.326 bits per heavy atom. The normalized spacial score (nSPS) is 14.4. The molecule has 3 unspecified atom stereocenters. The van der Waals surface area contributed by atoms with Crippen LogP contribution in [0, 0.1) is 11.8 Å². The predicted molar refractivity (Wildman–Crippen MR) is 358 cm³/mol. The molecule has 0 aromatic carbocycles. The zero-order chi connectivity index (χ0) is 65.7. The van der Waals surface area contributed by atoms with Gasteiger partial charge in [0, 0.05) is 25.7 Å². The van der Waals surface area contributed by atoms with E-state index in [2.05, 4.69) is 41.5 Å². The third kappa shape index (κ3) is 63.2. The van der Waals surface area contributed by atoms with Crippen molar-refractivity contribution in [2.24, 2.45) is 11.8 Å². The number of unbranched alkanes of at least 4 members (excludes halogenated alkanes) is 38. The number of phosphoric acid groups is 2. The van der Waals surface area contributed by atoms with Crippen molar-refractivity contribution in [3.63, 3.8) is 0 Å². The molecule has 528 valence electrons. The van der Waals surface area contributed by atoms with Crippen molar-refractivity contribution >= 4 is 39.5 Å². The maximum absolute atomic E-state index is 13.0. The molecule has 0 spiro atoms. The molecular formula is C70H136O17P2. The quantitative estimate of drug-likeness (QED) is 0.0222. The predicted octanol–water partition coefficient (Wildman–Crippen LogP) is 20.0. The SMILES string of the molecule is CCCCCCCCCC(=O)OC[C@H](COP(=O)(O)OC[C@H](O)COP(=O)(O)OC[C@@H](COC(=O)CCCCCCCCCCCCC(C)CC)OC(=O)CCCCCCCCCCCCCCCCCCCCC(C)C)OC(=O)CCCCCCCCC. The molecule has 0 aliphatic heterocycles. The maximum Gasteiger partial charge on any atom is 0.472 e. The summed E-state index contributed by atoms with van der Waals surface area (Å²) in [5.41, 5.74) is 0. The number of carbonyl (C=O) groups is 4. The lowest BCUT2D eigenvalue weighted by Gasteiger charge is -2.21. The van der Waals surface area contributed by atoms with Crippen molar-refractivity contribution in [1.29, 1.82) is 0 Å². The molecule has 0 aromatic rings. The van der Waals surface area contributed by atoms with E-state index >= 15 is 0 Å². The molecule has 0 rings (SSSR count). The van der Waals surface area contributed by atoms with E-state index in [1.165, 1.54) is 148 Å². The lowest BCUT2D eigenvalue weighted by molar-refractivity contribution is -0.161. The second-order valence-electron chi connectivity index (χ2n) is 26.0. The topological polar surface area (TPSA) is 237 Å². The molecule has 0 saturated heterocycles. The first-order valence-corrected chi connectivity index (χ1v) is 39.5. The van der Waals surface area contributed by atoms with Crippen LogP contribution >= 0.6 is 15.6 Å². The van der Waals surface area contributed by atoms with Crippen LogP contribution in [-0.4, -0.2) is 96.7 Å². The van der Waals surface area contributed by atoms with Crippen molar-refractivity contribution in [2.45, 2.75) is 374 Å². The zero-order valence-electron chi connectivity index (χ0n) is 57.7. The zero-order valence-corrected chi connectivity index (χ0v) is 59.5. The summed E-state index contributed by atoms with van der Waals surface area (Å²) in [6.45, 7) is 9.52. The van der Waals surface area contributed by atoms with E-state index in [0.29, 0.717) is 25.7 Å². The van der Waals surface area contributed by atoms with Gasteiger partial charge < -0.3 is 33.8 Å². The van der Waals surface area contributed by atoms with Gasteiger partial charge >= 0.3 is 39.5 Å². The molecule has 0 saturated carbocycles. The van der Waals surface area contributed by atoms with Crippen LogP contribution in [0.15, 0.2) is 0 Å². The van der Waals surface area contributed by atoms with Gasteiger partial charge in [-0.2, -0.15) is 0 Å². The van der Waals surface area contributed by atoms with Gasteiger partial charge in [-0.15, -0.1) is 0 Å². The Bertz CT molecular complexity index is 1740. The highest BCUT2D eigenvalue weighted by Gasteiger charge is 2.30. The van der Waals surface area contributed by atoms with Gasteiger partial charge in [0.05, 0.1) is 26.4 Å². The third-order valence-electron chi connectivity index (χ3n) is 16.6. The number of aliphatic hydroxyl groups excluding tert-OH is 1. The van der Waals surface area contributed by atoms with Crippen LogP contribution in [-0.2, 0) is 65.4 Å². The van der Waals surface area contributed by atoms with Crippen LogP contribution in [0.4, 0.5) is 0 Å². The van der Waals surface area contributed by atoms with Crippen molar-refractivity contribution < 1.29 is 80.2 Å². The summed E-state index contributed by atoms with van der Waals surface area (Å²) in [6.07, 6.45) is 47.5. The molecule has 0 heterocycles. The number of rotatable bonds is 69. The fraction of sp³-hybridized carbons (Fsp3) is 0.943. The van der Waals surface area contributed by atoms with Crippen LogP contribution in [0.1, 0.15) is 356 Å². The minimum Gasteiger partial charge on any atom is -0.462 e. The van der Waals surface area contributed by atoms with E-state index < -0.39 is 97.5 Å². The lowest BCUT2D eigenvalue weighted by atomic mass is 9.99. The number of carbonyl (C=O) groups excluding carboxylic acids is 4. The van der Waals surface area contributed by atoms with E-state index in [9.17, 15) is 43.2 Å². The second kappa shape index (κ2) is 62.2. The van der Waals surface area contributed by atoms with Crippen molar-refractivity contribution in [2.75, 3.05) is 39.6 Å². The van der Waals surface area contributed by atoms with E-state index in [0.717, 1.165) is 127 Å². The molecule has 17 nitrogen and oxygen atoms in total. The van der Waals surface area contributed by atoms with Gasteiger partial charge in [0.2, 0.25) is 0 Å². The fourth-order valence-electron chi connectivity index (χ4n) is 10.6. The highest BCUT2D eigenvalue weighted by atomic mass is 31.2. The Hall–Kier alpha value is -1.94. The van der Waals surface area contributed by atoms with Gasteiger partial charge in [0.1, 0.15) is 19.3 Å². The van der Waals surface area contributed by atoms with Crippen LogP contribution in [0.25, 0.3) is 0 Å². The highest BCUT2D eigenvalue weighted by molar-refractivity contribution is 7.47. The summed E-state index contributed by atoms with van der Waals surface area (Å²) < 4.78 is 68.0. The van der Waals surface area contributed by atoms with Gasteiger partial charge in [-0.25, -0.2) is 9.13 Å². The number of ether oxygens (including phenoxy) is 4. The highest BCUT2D eigenvalue weighted by Crippen LogP contribution is 2.45. The Morgan fingerprint density at radius 3 is 0.854 bits per heavy atom. The first-order valence-electron chi connectivity index (χ1n) is 36.5. The average molecular weight is 1310 g/mol. The van der Waals surface area contributed by atoms with E-state index in [1.54, 1.807) is 0 Å². The van der Waals surface area contributed by atoms with Crippen molar-refractivity contribution in [3.05, 3.63) is 0 Å². The minimum atomic E-state index is -4.95. The Labute approximate surface area is 543 Å². The summed E-state index contributed by atoms with van der Waals surface area (Å²) in [6, 6.07) is 0. The maximum atomic E-state index is 13.0. The number of hydrogen-bond donors (Lipinski definition) is 3. The number of aliphatic hydroxyl groups is 1. The number of phosphoric ester groups is 2. The largest absolute Gasteiger partial charge is 0.472 e. The monoisotopic (exact) mass is 1310 g/mol. The second-order valence-corrected chi connectivity index (χ2v) is 28.9. The molecular weight excluding hydrogens is 1170 g/mol. The summed E-state index contributed by atoms with van der Waals surface area (Å²) in [5, 5.41) is 10.5. The third-order valence-corrected chi connectivity index (χ3v) is 18.5. The van der Waals surface area contributed by atoms with Crippen molar-refractivity contribution in [1.82, 2.24) is 0 Å². The molecule has 6 atom stereocenters. The fourth-order valence-corrected chi connectivity index (χ4v) is 12.1. The molecule has 0 radical (unpaired) electrons. The van der Waals surface area contributed by atoms with E-state index in [-0.39, 0.29) is 25.7 Å². The molecule has 0 aromatic heterocycles. The minimum absolute atomic E-state index is 0.103. The van der Waals surface area contributed by atoms with Gasteiger partial charge in [0.15, 0.2) is 12.2 Å². The molecule has 0 aliphatic rings. The molecule has 3 N–H and O–H groups in total. The van der Waals surface area contributed by atoms with Crippen LogP contribution in [0.5, 0.6) is 0 Å². The molecule has 0 bridgehead atoms. The Morgan fingerprint density at radius 2 is 0.573 bits per heavy atom. The number of esters is 4. The summed E-state index contributed by atoms with van der Waals surface area (Å²) in [4.78, 5) is 72.2. The first-order chi connectivity index (χ1) is 42.9. The van der Waals surface area contributed by atoms with E-state index in [1.807, 2.05) is 0 Å². The molecule has 0 aliphatic carbocycles. The first kappa shape index (κ1) is 87.1. The van der Waals surface area contributed by atoms with Gasteiger partial charge in [-0.1, -0.05) is 305 Å². The van der Waals surface area contributed by atoms with Gasteiger partial charge in [0.25, 0.3) is 0 Å². The van der Waals surface area contributed by atoms with Crippen LogP contribution in [0.2, 0.25) is 0 Å². The number of hydrogen-bond acceptors (Lipinski definition) is 15. The smallest absolute Gasteiger partial charge is 0.462 e. The molecule has 0 amide bonds. The molecule has 0 fully saturated rings. The summed E-state index contributed by atoms with van der Waals surface area (Å²) in [5.74, 6) is -0.504. The van der Waals surface area contributed by atoms with Gasteiger partial charge in [-0.05, 0) is 37.5 Å².